The smallest absolute Gasteiger partial charge is 0.251 e. The molecule has 3 rings (SSSR count). The molecule has 0 unspecified atom stereocenters. The van der Waals surface area contributed by atoms with E-state index in [9.17, 15) is 13.2 Å². The Labute approximate surface area is 186 Å². The van der Waals surface area contributed by atoms with Crippen molar-refractivity contribution in [3.8, 4) is 0 Å². The molecule has 1 amide bonds. The third-order valence-electron chi connectivity index (χ3n) is 5.98. The summed E-state index contributed by atoms with van der Waals surface area (Å²) in [4.78, 5) is 15.5. The highest BCUT2D eigenvalue weighted by Gasteiger charge is 2.29. The molecule has 1 N–H and O–H groups in total. The van der Waals surface area contributed by atoms with Gasteiger partial charge in [0.2, 0.25) is 10.0 Å². The largest absolute Gasteiger partial charge is 0.379 e. The average Bonchev–Trinajstić information content (AvgIpc) is 2.78. The Kier molecular flexibility index (Phi) is 8.27. The fraction of sp³-hybridized carbons (Fsp3) is 0.609. The number of morpholine rings is 1. The van der Waals surface area contributed by atoms with E-state index in [0.717, 1.165) is 38.0 Å². The zero-order valence-corrected chi connectivity index (χ0v) is 19.7. The van der Waals surface area contributed by atoms with Crippen molar-refractivity contribution in [2.24, 2.45) is 0 Å². The highest BCUT2D eigenvalue weighted by atomic mass is 32.2. The summed E-state index contributed by atoms with van der Waals surface area (Å²) in [5.41, 5.74) is 2.44. The lowest BCUT2D eigenvalue weighted by Gasteiger charge is -2.31. The van der Waals surface area contributed by atoms with Crippen LogP contribution in [0.5, 0.6) is 0 Å². The molecule has 0 radical (unpaired) electrons. The van der Waals surface area contributed by atoms with Crippen molar-refractivity contribution in [3.05, 3.63) is 41.0 Å². The first-order chi connectivity index (χ1) is 14.8. The third kappa shape index (κ3) is 6.16. The molecule has 2 saturated heterocycles. The predicted molar refractivity (Wildman–Crippen MR) is 122 cm³/mol. The maximum absolute atomic E-state index is 13.2. The van der Waals surface area contributed by atoms with E-state index in [1.807, 2.05) is 6.92 Å². The van der Waals surface area contributed by atoms with Crippen molar-refractivity contribution in [2.75, 3.05) is 45.9 Å². The zero-order valence-electron chi connectivity index (χ0n) is 18.9. The molecule has 1 aromatic rings. The summed E-state index contributed by atoms with van der Waals surface area (Å²) in [5.74, 6) is -0.205. The highest BCUT2D eigenvalue weighted by molar-refractivity contribution is 7.89. The molecule has 8 heteroatoms. The molecule has 2 aliphatic heterocycles. The molecule has 2 heterocycles. The van der Waals surface area contributed by atoms with Gasteiger partial charge in [-0.2, -0.15) is 4.31 Å². The number of piperidine rings is 1. The molecule has 0 atom stereocenters. The van der Waals surface area contributed by atoms with Gasteiger partial charge in [-0.05, 0) is 50.8 Å². The van der Waals surface area contributed by atoms with Gasteiger partial charge in [0, 0.05) is 44.3 Å². The van der Waals surface area contributed by atoms with Gasteiger partial charge in [0.1, 0.15) is 0 Å². The molecule has 7 nitrogen and oxygen atoms in total. The number of nitrogens with zero attached hydrogens (tertiary/aromatic N) is 2. The van der Waals surface area contributed by atoms with Crippen LogP contribution in [0.25, 0.3) is 0 Å². The van der Waals surface area contributed by atoms with E-state index in [1.165, 1.54) is 9.88 Å². The van der Waals surface area contributed by atoms with Crippen LogP contribution in [0, 0.1) is 0 Å². The quantitative estimate of drug-likeness (QED) is 0.647. The molecular formula is C23H35N3O4S. The number of sulfonamides is 1. The maximum Gasteiger partial charge on any atom is 0.251 e. The minimum atomic E-state index is -3.65. The number of ether oxygens (including phenoxy) is 1. The van der Waals surface area contributed by atoms with Crippen molar-refractivity contribution in [1.82, 2.24) is 14.5 Å². The van der Waals surface area contributed by atoms with Gasteiger partial charge in [0.15, 0.2) is 0 Å². The van der Waals surface area contributed by atoms with Crippen molar-refractivity contribution in [3.63, 3.8) is 0 Å². The van der Waals surface area contributed by atoms with Crippen LogP contribution >= 0.6 is 0 Å². The topological polar surface area (TPSA) is 79.0 Å². The summed E-state index contributed by atoms with van der Waals surface area (Å²) >= 11 is 0. The summed E-state index contributed by atoms with van der Waals surface area (Å²) in [5, 5.41) is 3.11. The highest BCUT2D eigenvalue weighted by Crippen LogP contribution is 2.24. The summed E-state index contributed by atoms with van der Waals surface area (Å²) in [7, 11) is -3.65. The molecular weight excluding hydrogens is 414 g/mol. The lowest BCUT2D eigenvalue weighted by molar-refractivity contribution is 0.0730. The van der Waals surface area contributed by atoms with Crippen molar-refractivity contribution in [2.45, 2.75) is 51.0 Å². The Morgan fingerprint density at radius 1 is 1.16 bits per heavy atom. The van der Waals surface area contributed by atoms with Gasteiger partial charge < -0.3 is 10.1 Å². The number of benzene rings is 1. The number of aryl methyl sites for hydroxylation is 1. The first-order valence-electron chi connectivity index (χ1n) is 11.2. The average molecular weight is 450 g/mol. The van der Waals surface area contributed by atoms with Gasteiger partial charge in [0.05, 0.1) is 18.1 Å². The Hall–Kier alpha value is -1.74. The SMILES string of the molecule is CCc1ccc(C(=O)NC2CCN(CC=C(C)C)CC2)cc1S(=O)(=O)N1CCOCC1. The second-order valence-corrected chi connectivity index (χ2v) is 10.4. The molecule has 31 heavy (non-hydrogen) atoms. The van der Waals surface area contributed by atoms with Gasteiger partial charge in [-0.25, -0.2) is 8.42 Å². The number of rotatable bonds is 7. The lowest BCUT2D eigenvalue weighted by Crippen LogP contribution is -2.44. The number of allylic oxidation sites excluding steroid dienone is 1. The zero-order chi connectivity index (χ0) is 22.4. The van der Waals surface area contributed by atoms with Gasteiger partial charge >= 0.3 is 0 Å². The molecule has 0 bridgehead atoms. The fourth-order valence-electron chi connectivity index (χ4n) is 3.99. The number of nitrogens with one attached hydrogen (secondary N) is 1. The first kappa shape index (κ1) is 23.9. The molecule has 2 fully saturated rings. The number of hydrogen-bond donors (Lipinski definition) is 1. The van der Waals surface area contributed by atoms with Crippen LogP contribution in [0.15, 0.2) is 34.7 Å². The summed E-state index contributed by atoms with van der Waals surface area (Å²) in [6, 6.07) is 5.16. The van der Waals surface area contributed by atoms with Crippen molar-refractivity contribution >= 4 is 15.9 Å². The van der Waals surface area contributed by atoms with E-state index < -0.39 is 10.0 Å². The Morgan fingerprint density at radius 2 is 1.84 bits per heavy atom. The van der Waals surface area contributed by atoms with Gasteiger partial charge in [-0.15, -0.1) is 0 Å². The van der Waals surface area contributed by atoms with E-state index in [2.05, 4.69) is 30.1 Å². The van der Waals surface area contributed by atoms with Crippen molar-refractivity contribution < 1.29 is 17.9 Å². The Balaban J connectivity index is 1.68. The molecule has 1 aromatic carbocycles. The molecule has 0 spiro atoms. The maximum atomic E-state index is 13.2. The normalized spacial score (nSPS) is 19.2. The third-order valence-corrected chi connectivity index (χ3v) is 7.96. The van der Waals surface area contributed by atoms with Gasteiger partial charge in [-0.1, -0.05) is 24.6 Å². The Morgan fingerprint density at radius 3 is 2.45 bits per heavy atom. The molecule has 0 aliphatic carbocycles. The second-order valence-electron chi connectivity index (χ2n) is 8.52. The number of hydrogen-bond acceptors (Lipinski definition) is 5. The molecule has 172 valence electrons. The van der Waals surface area contributed by atoms with Crippen LogP contribution in [0.3, 0.4) is 0 Å². The summed E-state index contributed by atoms with van der Waals surface area (Å²) in [6.07, 6.45) is 4.61. The van der Waals surface area contributed by atoms with Crippen LogP contribution in [-0.4, -0.2) is 75.5 Å². The Bertz CT molecular complexity index is 895. The van der Waals surface area contributed by atoms with E-state index in [0.29, 0.717) is 38.3 Å². The van der Waals surface area contributed by atoms with E-state index in [4.69, 9.17) is 4.74 Å². The van der Waals surface area contributed by atoms with Crippen LogP contribution in [0.4, 0.5) is 0 Å². The van der Waals surface area contributed by atoms with E-state index in [-0.39, 0.29) is 16.8 Å². The predicted octanol–water partition coefficient (Wildman–Crippen LogP) is 2.43. The van der Waals surface area contributed by atoms with Crippen LogP contribution in [0.2, 0.25) is 0 Å². The van der Waals surface area contributed by atoms with Crippen molar-refractivity contribution in [1.29, 1.82) is 0 Å². The van der Waals surface area contributed by atoms with Gasteiger partial charge in [0.25, 0.3) is 5.91 Å². The summed E-state index contributed by atoms with van der Waals surface area (Å²) in [6.45, 7) is 10.4. The van der Waals surface area contributed by atoms with E-state index in [1.54, 1.807) is 18.2 Å². The number of amides is 1. The summed E-state index contributed by atoms with van der Waals surface area (Å²) < 4.78 is 33.2. The molecule has 0 aromatic heterocycles. The number of carbonyl (C=O) groups is 1. The second kappa shape index (κ2) is 10.7. The van der Waals surface area contributed by atoms with E-state index >= 15 is 0 Å². The van der Waals surface area contributed by atoms with Gasteiger partial charge in [-0.3, -0.25) is 9.69 Å². The molecule has 2 aliphatic rings. The minimum Gasteiger partial charge on any atom is -0.379 e. The van der Waals surface area contributed by atoms with Crippen LogP contribution in [-0.2, 0) is 21.2 Å². The minimum absolute atomic E-state index is 0.112. The lowest BCUT2D eigenvalue weighted by atomic mass is 10.0. The standard InChI is InChI=1S/C23H35N3O4S/c1-4-19-5-6-20(17-22(19)31(28,29)26-13-15-30-16-14-26)23(27)24-21-8-11-25(12-9-21)10-7-18(2)3/h5-7,17,21H,4,8-16H2,1-3H3,(H,24,27). The first-order valence-corrected chi connectivity index (χ1v) is 12.6. The number of carbonyl (C=O) groups excluding carboxylic acids is 1. The number of likely N-dealkylation sites (tertiary alicyclic amines) is 1. The van der Waals surface area contributed by atoms with Crippen LogP contribution < -0.4 is 5.32 Å². The monoisotopic (exact) mass is 449 g/mol. The molecule has 0 saturated carbocycles. The fourth-order valence-corrected chi connectivity index (χ4v) is 5.72. The van der Waals surface area contributed by atoms with Crippen LogP contribution in [0.1, 0.15) is 49.5 Å².